The van der Waals surface area contributed by atoms with Gasteiger partial charge in [-0.1, -0.05) is 48.0 Å². The Balaban J connectivity index is 1.21. The molecule has 204 valence electrons. The Labute approximate surface area is 233 Å². The van der Waals surface area contributed by atoms with Crippen molar-refractivity contribution in [3.8, 4) is 5.69 Å². The number of amides is 1. The van der Waals surface area contributed by atoms with E-state index in [9.17, 15) is 18.4 Å². The number of fused-ring (bicyclic) bond motifs is 2. The quantitative estimate of drug-likeness (QED) is 0.263. The van der Waals surface area contributed by atoms with Crippen LogP contribution in [0.25, 0.3) is 27.5 Å². The van der Waals surface area contributed by atoms with Gasteiger partial charge in [0.25, 0.3) is 12.3 Å². The summed E-state index contributed by atoms with van der Waals surface area (Å²) in [6, 6.07) is 16.7. The molecule has 7 nitrogen and oxygen atoms in total. The van der Waals surface area contributed by atoms with E-state index >= 15 is 0 Å². The summed E-state index contributed by atoms with van der Waals surface area (Å²) in [5.74, 6) is -0.378. The van der Waals surface area contributed by atoms with Crippen LogP contribution in [-0.2, 0) is 6.54 Å². The minimum atomic E-state index is -2.88. The number of carbonyl (C=O) groups is 1. The van der Waals surface area contributed by atoms with Gasteiger partial charge in [0.2, 0.25) is 0 Å². The average Bonchev–Trinajstić information content (AvgIpc) is 3.24. The first kappa shape index (κ1) is 26.1. The summed E-state index contributed by atoms with van der Waals surface area (Å²) in [4.78, 5) is 34.7. The van der Waals surface area contributed by atoms with E-state index in [2.05, 4.69) is 15.3 Å². The molecule has 1 amide bonds. The van der Waals surface area contributed by atoms with Crippen LogP contribution in [0.1, 0.15) is 48.2 Å². The predicted molar refractivity (Wildman–Crippen MR) is 150 cm³/mol. The van der Waals surface area contributed by atoms with Crippen molar-refractivity contribution >= 4 is 39.3 Å². The van der Waals surface area contributed by atoms with Crippen LogP contribution in [0, 0.1) is 5.92 Å². The minimum Gasteiger partial charge on any atom is -0.349 e. The molecule has 0 unspecified atom stereocenters. The number of aromatic nitrogens is 4. The van der Waals surface area contributed by atoms with Crippen molar-refractivity contribution in [1.29, 1.82) is 0 Å². The first-order valence-corrected chi connectivity index (χ1v) is 13.6. The maximum atomic E-state index is 13.9. The Morgan fingerprint density at radius 3 is 2.50 bits per heavy atom. The van der Waals surface area contributed by atoms with Gasteiger partial charge in [-0.25, -0.2) is 13.6 Å². The fourth-order valence-corrected chi connectivity index (χ4v) is 5.87. The number of hydrogen-bond donors (Lipinski definition) is 1. The molecule has 3 heterocycles. The maximum Gasteiger partial charge on any atom is 0.333 e. The lowest BCUT2D eigenvalue weighted by atomic mass is 9.85. The molecule has 40 heavy (non-hydrogen) atoms. The molecule has 0 radical (unpaired) electrons. The molecule has 0 atom stereocenters. The number of nitrogens with zero attached hydrogens (tertiary/aromatic N) is 4. The second-order valence-electron chi connectivity index (χ2n) is 10.2. The lowest BCUT2D eigenvalue weighted by Crippen LogP contribution is -2.39. The number of benzene rings is 2. The van der Waals surface area contributed by atoms with Crippen LogP contribution < -0.4 is 11.0 Å². The van der Waals surface area contributed by atoms with Gasteiger partial charge in [-0.15, -0.1) is 0 Å². The van der Waals surface area contributed by atoms with Gasteiger partial charge >= 0.3 is 5.69 Å². The van der Waals surface area contributed by atoms with Crippen molar-refractivity contribution in [2.45, 2.75) is 44.7 Å². The van der Waals surface area contributed by atoms with Crippen LogP contribution in [-0.4, -0.2) is 31.1 Å². The van der Waals surface area contributed by atoms with Crippen LogP contribution in [0.2, 0.25) is 5.02 Å². The smallest absolute Gasteiger partial charge is 0.333 e. The van der Waals surface area contributed by atoms with E-state index in [1.807, 2.05) is 53.1 Å². The fraction of sp³-hybridized carbons (Fsp3) is 0.267. The Hall–Kier alpha value is -4.11. The Kier molecular flexibility index (Phi) is 7.06. The van der Waals surface area contributed by atoms with Gasteiger partial charge < -0.3 is 5.32 Å². The van der Waals surface area contributed by atoms with E-state index in [-0.39, 0.29) is 28.2 Å². The number of rotatable bonds is 6. The van der Waals surface area contributed by atoms with Gasteiger partial charge in [0, 0.05) is 35.8 Å². The molecule has 1 N–H and O–H groups in total. The summed E-state index contributed by atoms with van der Waals surface area (Å²) >= 11 is 5.91. The summed E-state index contributed by atoms with van der Waals surface area (Å²) < 4.78 is 30.3. The molecule has 0 aliphatic heterocycles. The average molecular weight is 562 g/mol. The Bertz CT molecular complexity index is 1770. The first-order valence-electron chi connectivity index (χ1n) is 13.2. The molecule has 6 rings (SSSR count). The topological polar surface area (TPSA) is 81.8 Å². The summed E-state index contributed by atoms with van der Waals surface area (Å²) in [6.45, 7) is 0.541. The number of alkyl halides is 2. The highest BCUT2D eigenvalue weighted by atomic mass is 35.5. The maximum absolute atomic E-state index is 13.9. The highest BCUT2D eigenvalue weighted by molar-refractivity contribution is 6.30. The van der Waals surface area contributed by atoms with Crippen LogP contribution in [0.4, 0.5) is 8.78 Å². The summed E-state index contributed by atoms with van der Waals surface area (Å²) in [6.07, 6.45) is 4.66. The zero-order chi connectivity index (χ0) is 27.8. The third-order valence-corrected chi connectivity index (χ3v) is 7.89. The number of carbonyl (C=O) groups excluding carboxylic acids is 1. The molecule has 0 spiro atoms. The summed E-state index contributed by atoms with van der Waals surface area (Å²) in [5.41, 5.74) is 1.51. The van der Waals surface area contributed by atoms with Crippen LogP contribution in [0.15, 0.2) is 78.0 Å². The normalized spacial score (nSPS) is 17.5. The number of hydrogen-bond acceptors (Lipinski definition) is 4. The third-order valence-electron chi connectivity index (χ3n) is 7.68. The molecule has 1 aliphatic rings. The molecule has 1 saturated carbocycles. The Morgan fingerprint density at radius 2 is 1.73 bits per heavy atom. The molecular formula is C30H26ClF2N5O2. The van der Waals surface area contributed by atoms with Crippen molar-refractivity contribution in [2.75, 3.05) is 0 Å². The van der Waals surface area contributed by atoms with Crippen molar-refractivity contribution < 1.29 is 13.6 Å². The summed E-state index contributed by atoms with van der Waals surface area (Å²) in [7, 11) is 0. The van der Waals surface area contributed by atoms with Crippen molar-refractivity contribution in [1.82, 2.24) is 24.4 Å². The van der Waals surface area contributed by atoms with Crippen LogP contribution >= 0.6 is 11.6 Å². The van der Waals surface area contributed by atoms with Crippen LogP contribution in [0.3, 0.4) is 0 Å². The van der Waals surface area contributed by atoms with E-state index in [0.29, 0.717) is 19.4 Å². The SMILES string of the molecule is O=C(NC1CCC(Cn2c(=O)n(-c3cncc4ccccc34)c3ccccc32)CC1)c1cc(Cl)cnc1C(F)F. The van der Waals surface area contributed by atoms with E-state index < -0.39 is 18.0 Å². The van der Waals surface area contributed by atoms with Gasteiger partial charge in [0.1, 0.15) is 5.69 Å². The number of pyridine rings is 2. The van der Waals surface area contributed by atoms with Crippen molar-refractivity contribution in [3.63, 3.8) is 0 Å². The number of nitrogens with one attached hydrogen (secondary N) is 1. The van der Waals surface area contributed by atoms with Gasteiger partial charge in [-0.3, -0.25) is 23.9 Å². The van der Waals surface area contributed by atoms with Crippen LogP contribution in [0.5, 0.6) is 0 Å². The van der Waals surface area contributed by atoms with Crippen molar-refractivity contribution in [2.24, 2.45) is 5.92 Å². The molecule has 3 aromatic heterocycles. The van der Waals surface area contributed by atoms with Gasteiger partial charge in [-0.05, 0) is 49.8 Å². The van der Waals surface area contributed by atoms with E-state index in [0.717, 1.165) is 46.5 Å². The predicted octanol–water partition coefficient (Wildman–Crippen LogP) is 6.32. The standard InChI is InChI=1S/C30H26ClF2N5O2/c31-20-13-23(27(28(32)33)35-15-20)29(39)36-21-11-9-18(10-12-21)17-37-24-7-3-4-8-25(24)38(30(37)40)26-16-34-14-19-5-1-2-6-22(19)26/h1-8,13-16,18,21,28H,9-12,17H2,(H,36,39). The number of imidazole rings is 1. The van der Waals surface area contributed by atoms with Crippen molar-refractivity contribution in [3.05, 3.63) is 100.0 Å². The van der Waals surface area contributed by atoms with Gasteiger partial charge in [-0.2, -0.15) is 0 Å². The molecular weight excluding hydrogens is 536 g/mol. The second-order valence-corrected chi connectivity index (χ2v) is 10.6. The third kappa shape index (κ3) is 4.86. The minimum absolute atomic E-state index is 0.122. The fourth-order valence-electron chi connectivity index (χ4n) is 5.71. The van der Waals surface area contributed by atoms with E-state index in [1.165, 1.54) is 6.07 Å². The lowest BCUT2D eigenvalue weighted by molar-refractivity contribution is 0.0904. The zero-order valence-electron chi connectivity index (χ0n) is 21.4. The summed E-state index contributed by atoms with van der Waals surface area (Å²) in [5, 5.41) is 4.91. The molecule has 1 fully saturated rings. The lowest BCUT2D eigenvalue weighted by Gasteiger charge is -2.29. The molecule has 1 aliphatic carbocycles. The highest BCUT2D eigenvalue weighted by Crippen LogP contribution is 2.29. The first-order chi connectivity index (χ1) is 19.4. The second kappa shape index (κ2) is 10.8. The largest absolute Gasteiger partial charge is 0.349 e. The monoisotopic (exact) mass is 561 g/mol. The number of halogens is 3. The molecule has 2 aromatic carbocycles. The van der Waals surface area contributed by atoms with E-state index in [4.69, 9.17) is 11.6 Å². The number of para-hydroxylation sites is 2. The van der Waals surface area contributed by atoms with Gasteiger partial charge in [0.15, 0.2) is 0 Å². The molecule has 10 heteroatoms. The molecule has 0 saturated heterocycles. The van der Waals surface area contributed by atoms with E-state index in [1.54, 1.807) is 17.0 Å². The molecule has 5 aromatic rings. The Morgan fingerprint density at radius 1 is 1.00 bits per heavy atom. The van der Waals surface area contributed by atoms with Gasteiger partial charge in [0.05, 0.1) is 33.5 Å². The zero-order valence-corrected chi connectivity index (χ0v) is 22.2. The molecule has 0 bridgehead atoms. The highest BCUT2D eigenvalue weighted by Gasteiger charge is 2.27.